The van der Waals surface area contributed by atoms with E-state index in [9.17, 15) is 13.6 Å². The summed E-state index contributed by atoms with van der Waals surface area (Å²) in [5, 5.41) is 0. The van der Waals surface area contributed by atoms with Crippen LogP contribution in [0.3, 0.4) is 0 Å². The van der Waals surface area contributed by atoms with E-state index in [1.54, 1.807) is 12.3 Å². The number of pyridine rings is 1. The fraction of sp³-hybridized carbons (Fsp3) is 0.353. The molecule has 0 spiro atoms. The molecule has 1 aliphatic heterocycles. The van der Waals surface area contributed by atoms with Gasteiger partial charge in [0.05, 0.1) is 0 Å². The van der Waals surface area contributed by atoms with Crippen molar-refractivity contribution in [2.24, 2.45) is 0 Å². The summed E-state index contributed by atoms with van der Waals surface area (Å²) >= 11 is 0. The summed E-state index contributed by atoms with van der Waals surface area (Å²) in [6.45, 7) is 4.10. The summed E-state index contributed by atoms with van der Waals surface area (Å²) in [5.41, 5.74) is 1.68. The molecule has 0 amide bonds. The average Bonchev–Trinajstić information content (AvgIpc) is 2.78. The Morgan fingerprint density at radius 2 is 1.87 bits per heavy atom. The Bertz CT molecular complexity index is 712. The number of hydrogen-bond acceptors (Lipinski definition) is 3. The molecule has 1 saturated heterocycles. The second-order valence-electron chi connectivity index (χ2n) is 5.78. The third-order valence-electron chi connectivity index (χ3n) is 4.11. The Morgan fingerprint density at radius 3 is 2.61 bits per heavy atom. The van der Waals surface area contributed by atoms with Crippen LogP contribution < -0.4 is 10.5 Å². The third kappa shape index (κ3) is 3.96. The maximum Gasteiger partial charge on any atom is 0.247 e. The first-order valence-electron chi connectivity index (χ1n) is 7.72. The molecule has 0 saturated carbocycles. The van der Waals surface area contributed by atoms with Gasteiger partial charge in [0.15, 0.2) is 11.6 Å². The van der Waals surface area contributed by atoms with Gasteiger partial charge in [0.2, 0.25) is 5.56 Å². The molecule has 23 heavy (non-hydrogen) atoms. The molecular formula is C17H19F2N3O. The van der Waals surface area contributed by atoms with Crippen LogP contribution >= 0.6 is 0 Å². The lowest BCUT2D eigenvalue weighted by Gasteiger charge is -2.23. The van der Waals surface area contributed by atoms with Crippen LogP contribution in [0.5, 0.6) is 0 Å². The van der Waals surface area contributed by atoms with Crippen LogP contribution in [-0.2, 0) is 6.54 Å². The van der Waals surface area contributed by atoms with Crippen molar-refractivity contribution in [2.45, 2.75) is 13.0 Å². The van der Waals surface area contributed by atoms with E-state index >= 15 is 0 Å². The summed E-state index contributed by atoms with van der Waals surface area (Å²) in [7, 11) is 0. The van der Waals surface area contributed by atoms with E-state index in [2.05, 4.69) is 14.8 Å². The van der Waals surface area contributed by atoms with Gasteiger partial charge in [0.25, 0.3) is 0 Å². The number of nitrogens with zero attached hydrogens (tertiary/aromatic N) is 2. The van der Waals surface area contributed by atoms with Crippen molar-refractivity contribution in [3.05, 3.63) is 64.1 Å². The number of aromatic amines is 1. The number of nitrogens with one attached hydrogen (secondary N) is 1. The van der Waals surface area contributed by atoms with Gasteiger partial charge in [-0.2, -0.15) is 0 Å². The van der Waals surface area contributed by atoms with Gasteiger partial charge < -0.3 is 9.88 Å². The van der Waals surface area contributed by atoms with Gasteiger partial charge in [0.1, 0.15) is 0 Å². The molecule has 1 aliphatic rings. The van der Waals surface area contributed by atoms with Crippen LogP contribution in [0.1, 0.15) is 12.0 Å². The highest BCUT2D eigenvalue weighted by atomic mass is 19.2. The molecule has 0 aliphatic carbocycles. The molecule has 2 aromatic rings. The Balaban J connectivity index is 1.63. The average molecular weight is 319 g/mol. The fourth-order valence-corrected chi connectivity index (χ4v) is 2.87. The zero-order valence-corrected chi connectivity index (χ0v) is 12.8. The van der Waals surface area contributed by atoms with E-state index in [1.807, 2.05) is 6.07 Å². The van der Waals surface area contributed by atoms with Crippen LogP contribution in [0, 0.1) is 11.6 Å². The molecule has 6 heteroatoms. The summed E-state index contributed by atoms with van der Waals surface area (Å²) in [4.78, 5) is 18.1. The van der Waals surface area contributed by atoms with Crippen LogP contribution in [0.2, 0.25) is 0 Å². The van der Waals surface area contributed by atoms with Crippen molar-refractivity contribution in [2.75, 3.05) is 31.1 Å². The highest BCUT2D eigenvalue weighted by Crippen LogP contribution is 2.20. The highest BCUT2D eigenvalue weighted by molar-refractivity contribution is 5.46. The van der Waals surface area contributed by atoms with E-state index in [0.717, 1.165) is 50.4 Å². The molecule has 2 heterocycles. The molecule has 0 bridgehead atoms. The van der Waals surface area contributed by atoms with Crippen LogP contribution in [0.4, 0.5) is 14.5 Å². The highest BCUT2D eigenvalue weighted by Gasteiger charge is 2.16. The second-order valence-corrected chi connectivity index (χ2v) is 5.78. The largest absolute Gasteiger partial charge is 0.370 e. The predicted molar refractivity (Wildman–Crippen MR) is 85.5 cm³/mol. The minimum atomic E-state index is -0.816. The molecule has 4 nitrogen and oxygen atoms in total. The summed E-state index contributed by atoms with van der Waals surface area (Å²) in [5.74, 6) is -1.62. The molecular weight excluding hydrogens is 300 g/mol. The Kier molecular flexibility index (Phi) is 4.71. The molecule has 1 fully saturated rings. The second kappa shape index (κ2) is 6.91. The number of hydrogen-bond donors (Lipinski definition) is 1. The smallest absolute Gasteiger partial charge is 0.247 e. The topological polar surface area (TPSA) is 39.3 Å². The molecule has 122 valence electrons. The van der Waals surface area contributed by atoms with Gasteiger partial charge >= 0.3 is 0 Å². The number of anilines is 1. The van der Waals surface area contributed by atoms with Gasteiger partial charge in [-0.15, -0.1) is 0 Å². The third-order valence-corrected chi connectivity index (χ3v) is 4.11. The number of H-pyrrole nitrogens is 1. The lowest BCUT2D eigenvalue weighted by atomic mass is 10.2. The SMILES string of the molecule is O=c1ccc(CN2CCCN(c3ccc(F)c(F)c3)CC2)c[nH]1. The van der Waals surface area contributed by atoms with Crippen LogP contribution in [0.25, 0.3) is 0 Å². The van der Waals surface area contributed by atoms with Crippen molar-refractivity contribution in [3.8, 4) is 0 Å². The molecule has 1 aromatic heterocycles. The molecule has 0 radical (unpaired) electrons. The molecule has 0 unspecified atom stereocenters. The molecule has 3 rings (SSSR count). The van der Waals surface area contributed by atoms with E-state index in [0.29, 0.717) is 0 Å². The number of benzene rings is 1. The Hall–Kier alpha value is -2.21. The van der Waals surface area contributed by atoms with E-state index in [-0.39, 0.29) is 5.56 Å². The first-order valence-corrected chi connectivity index (χ1v) is 7.72. The quantitative estimate of drug-likeness (QED) is 0.944. The van der Waals surface area contributed by atoms with Crippen LogP contribution in [-0.4, -0.2) is 36.1 Å². The zero-order chi connectivity index (χ0) is 16.2. The van der Waals surface area contributed by atoms with Gasteiger partial charge in [-0.25, -0.2) is 8.78 Å². The van der Waals surface area contributed by atoms with Gasteiger partial charge in [-0.1, -0.05) is 6.07 Å². The van der Waals surface area contributed by atoms with Crippen molar-refractivity contribution < 1.29 is 8.78 Å². The lowest BCUT2D eigenvalue weighted by Crippen LogP contribution is -2.30. The Morgan fingerprint density at radius 1 is 1.00 bits per heavy atom. The number of rotatable bonds is 3. The standard InChI is InChI=1S/C17H19F2N3O/c18-15-4-3-14(10-16(15)19)22-7-1-6-21(8-9-22)12-13-2-5-17(23)20-11-13/h2-5,10-11H,1,6-9,12H2,(H,20,23). The molecule has 1 N–H and O–H groups in total. The monoisotopic (exact) mass is 319 g/mol. The van der Waals surface area contributed by atoms with Crippen molar-refractivity contribution in [1.29, 1.82) is 0 Å². The number of halogens is 2. The van der Waals surface area contributed by atoms with Crippen LogP contribution in [0.15, 0.2) is 41.3 Å². The first kappa shape index (κ1) is 15.7. The normalized spacial score (nSPS) is 16.3. The minimum Gasteiger partial charge on any atom is -0.370 e. The zero-order valence-electron chi connectivity index (χ0n) is 12.8. The van der Waals surface area contributed by atoms with Gasteiger partial charge in [-0.05, 0) is 24.1 Å². The van der Waals surface area contributed by atoms with Gasteiger partial charge in [0, 0.05) is 56.7 Å². The van der Waals surface area contributed by atoms with E-state index in [4.69, 9.17) is 0 Å². The first-order chi connectivity index (χ1) is 11.1. The molecule has 0 atom stereocenters. The Labute approximate surface area is 133 Å². The predicted octanol–water partition coefficient (Wildman–Crippen LogP) is 2.37. The summed E-state index contributed by atoms with van der Waals surface area (Å²) < 4.78 is 26.4. The number of aromatic nitrogens is 1. The van der Waals surface area contributed by atoms with E-state index < -0.39 is 11.6 Å². The fourth-order valence-electron chi connectivity index (χ4n) is 2.87. The van der Waals surface area contributed by atoms with Crippen molar-refractivity contribution in [1.82, 2.24) is 9.88 Å². The summed E-state index contributed by atoms with van der Waals surface area (Å²) in [6.07, 6.45) is 2.68. The summed E-state index contributed by atoms with van der Waals surface area (Å²) in [6, 6.07) is 7.41. The maximum absolute atomic E-state index is 13.4. The molecule has 1 aromatic carbocycles. The van der Waals surface area contributed by atoms with Crippen molar-refractivity contribution >= 4 is 5.69 Å². The maximum atomic E-state index is 13.4. The van der Waals surface area contributed by atoms with Gasteiger partial charge in [-0.3, -0.25) is 9.69 Å². The lowest BCUT2D eigenvalue weighted by molar-refractivity contribution is 0.285. The minimum absolute atomic E-state index is 0.103. The van der Waals surface area contributed by atoms with E-state index in [1.165, 1.54) is 18.2 Å². The van der Waals surface area contributed by atoms with Crippen molar-refractivity contribution in [3.63, 3.8) is 0 Å².